The van der Waals surface area contributed by atoms with Gasteiger partial charge in [-0.1, -0.05) is 51.8 Å². The summed E-state index contributed by atoms with van der Waals surface area (Å²) in [5.74, 6) is 0.963. The van der Waals surface area contributed by atoms with Crippen molar-refractivity contribution in [3.05, 3.63) is 89.5 Å². The second kappa shape index (κ2) is 9.75. The number of rotatable bonds is 3. The largest absolute Gasteiger partial charge is 0.387 e. The van der Waals surface area contributed by atoms with E-state index in [1.807, 2.05) is 58.5 Å². The molecule has 1 radical (unpaired) electrons. The molecule has 0 unspecified atom stereocenters. The average Bonchev–Trinajstić information content (AvgIpc) is 3.49. The van der Waals surface area contributed by atoms with Gasteiger partial charge in [0.1, 0.15) is 0 Å². The van der Waals surface area contributed by atoms with Crippen LogP contribution >= 0.6 is 22.7 Å². The third kappa shape index (κ3) is 4.56. The van der Waals surface area contributed by atoms with E-state index in [1.165, 1.54) is 10.4 Å². The topological polar surface area (TPSA) is 35.6 Å². The Morgan fingerprint density at radius 1 is 0.964 bits per heavy atom. The summed E-state index contributed by atoms with van der Waals surface area (Å²) in [5.41, 5.74) is 3.31. The van der Waals surface area contributed by atoms with Gasteiger partial charge in [0.25, 0.3) is 0 Å². The molecule has 0 bridgehead atoms. The smallest absolute Gasteiger partial charge is 0.0492 e. The van der Waals surface area contributed by atoms with Crippen molar-refractivity contribution in [1.29, 1.82) is 0 Å². The number of aryl methyl sites for hydroxylation is 1. The van der Waals surface area contributed by atoms with E-state index in [-0.39, 0.29) is 20.1 Å². The molecule has 5 aromatic rings. The van der Waals surface area contributed by atoms with Gasteiger partial charge in [0.05, 0.1) is 0 Å². The third-order valence-corrected chi connectivity index (χ3v) is 5.42. The van der Waals surface area contributed by atoms with Crippen molar-refractivity contribution in [3.8, 4) is 27.5 Å². The molecule has 0 aliphatic carbocycles. The Hall–Kier alpha value is -2.31. The molecular weight excluding hydrogens is 565 g/mol. The van der Waals surface area contributed by atoms with Crippen molar-refractivity contribution >= 4 is 22.7 Å². The van der Waals surface area contributed by atoms with Crippen LogP contribution in [0.5, 0.6) is 0 Å². The van der Waals surface area contributed by atoms with Gasteiger partial charge in [-0.15, -0.1) is 16.3 Å². The summed E-state index contributed by atoms with van der Waals surface area (Å²) in [6, 6.07) is 18.6. The van der Waals surface area contributed by atoms with E-state index < -0.39 is 0 Å². The zero-order chi connectivity index (χ0) is 18.5. The standard InChI is InChI=1S/C14H11N2S.C7H5N2S.Ir/c1-16-9-8-15-14(16)12-7-10-17-13(12)11-5-3-2-4-6-11;1-3-8-9(4-1)7-2-5-10-6-7;/h2-6,8-10H,1H3;1,3-6H;/q2*-1;. The number of benzene rings is 1. The fourth-order valence-electron chi connectivity index (χ4n) is 2.60. The fraction of sp³-hybridized carbons (Fsp3) is 0.0476. The van der Waals surface area contributed by atoms with Crippen LogP contribution in [0.3, 0.4) is 0 Å². The van der Waals surface area contributed by atoms with Crippen LogP contribution in [-0.4, -0.2) is 19.3 Å². The Kier molecular flexibility index (Phi) is 7.11. The Labute approximate surface area is 185 Å². The average molecular weight is 581 g/mol. The van der Waals surface area contributed by atoms with Gasteiger partial charge in [0, 0.05) is 50.7 Å². The predicted molar refractivity (Wildman–Crippen MR) is 111 cm³/mol. The van der Waals surface area contributed by atoms with Crippen molar-refractivity contribution in [3.63, 3.8) is 0 Å². The molecule has 0 fully saturated rings. The molecule has 28 heavy (non-hydrogen) atoms. The maximum Gasteiger partial charge on any atom is 0.0492 e. The Morgan fingerprint density at radius 2 is 1.82 bits per heavy atom. The van der Waals surface area contributed by atoms with Gasteiger partial charge in [0.2, 0.25) is 0 Å². The van der Waals surface area contributed by atoms with Crippen LogP contribution in [0, 0.1) is 12.1 Å². The molecule has 5 rings (SSSR count). The molecule has 0 spiro atoms. The van der Waals surface area contributed by atoms with Gasteiger partial charge >= 0.3 is 0 Å². The second-order valence-corrected chi connectivity index (χ2v) is 7.29. The number of aromatic nitrogens is 4. The summed E-state index contributed by atoms with van der Waals surface area (Å²) >= 11 is 3.32. The number of imidazole rings is 1. The normalized spacial score (nSPS) is 10.0. The van der Waals surface area contributed by atoms with Crippen molar-refractivity contribution in [2.45, 2.75) is 0 Å². The van der Waals surface area contributed by atoms with Crippen molar-refractivity contribution < 1.29 is 20.1 Å². The first-order valence-electron chi connectivity index (χ1n) is 8.29. The van der Waals surface area contributed by atoms with E-state index in [4.69, 9.17) is 0 Å². The van der Waals surface area contributed by atoms with Crippen LogP contribution in [-0.2, 0) is 27.2 Å². The number of nitrogens with zero attached hydrogens (tertiary/aromatic N) is 4. The molecule has 4 heterocycles. The summed E-state index contributed by atoms with van der Waals surface area (Å²) in [7, 11) is 2.00. The van der Waals surface area contributed by atoms with E-state index in [0.717, 1.165) is 17.1 Å². The molecule has 0 amide bonds. The van der Waals surface area contributed by atoms with Gasteiger partial charge in [-0.05, 0) is 13.1 Å². The van der Waals surface area contributed by atoms with Crippen LogP contribution < -0.4 is 0 Å². The molecular formula is C21H16IrN4S2-2. The Bertz CT molecular complexity index is 1050. The molecule has 1 aromatic carbocycles. The van der Waals surface area contributed by atoms with E-state index >= 15 is 0 Å². The van der Waals surface area contributed by atoms with Gasteiger partial charge in [-0.3, -0.25) is 16.0 Å². The molecule has 143 valence electrons. The first-order valence-corrected chi connectivity index (χ1v) is 10.1. The van der Waals surface area contributed by atoms with Crippen LogP contribution in [0.15, 0.2) is 77.3 Å². The Balaban J connectivity index is 0.000000175. The summed E-state index contributed by atoms with van der Waals surface area (Å²) in [6.07, 6.45) is 7.43. The number of hydrogen-bond donors (Lipinski definition) is 0. The molecule has 0 saturated heterocycles. The molecule has 4 aromatic heterocycles. The first-order chi connectivity index (χ1) is 13.3. The van der Waals surface area contributed by atoms with E-state index in [0.29, 0.717) is 0 Å². The van der Waals surface area contributed by atoms with E-state index in [2.05, 4.69) is 46.5 Å². The number of hydrogen-bond acceptors (Lipinski definition) is 4. The van der Waals surface area contributed by atoms with Crippen LogP contribution in [0.4, 0.5) is 0 Å². The molecule has 0 atom stereocenters. The Morgan fingerprint density at radius 3 is 2.46 bits per heavy atom. The van der Waals surface area contributed by atoms with Crippen molar-refractivity contribution in [2.24, 2.45) is 7.05 Å². The minimum Gasteiger partial charge on any atom is -0.387 e. The van der Waals surface area contributed by atoms with Crippen LogP contribution in [0.1, 0.15) is 0 Å². The minimum atomic E-state index is 0. The summed E-state index contributed by atoms with van der Waals surface area (Å²) in [4.78, 5) is 5.60. The molecule has 0 saturated carbocycles. The van der Waals surface area contributed by atoms with Crippen LogP contribution in [0.2, 0.25) is 0 Å². The maximum atomic E-state index is 4.38. The quantitative estimate of drug-likeness (QED) is 0.270. The van der Waals surface area contributed by atoms with E-state index in [1.54, 1.807) is 33.6 Å². The fourth-order valence-corrected chi connectivity index (χ4v) is 4.00. The zero-order valence-electron chi connectivity index (χ0n) is 14.9. The van der Waals surface area contributed by atoms with Gasteiger partial charge in [0.15, 0.2) is 0 Å². The molecule has 0 N–H and O–H groups in total. The molecule has 0 aliphatic rings. The monoisotopic (exact) mass is 581 g/mol. The second-order valence-electron chi connectivity index (χ2n) is 5.66. The zero-order valence-corrected chi connectivity index (χ0v) is 19.0. The summed E-state index contributed by atoms with van der Waals surface area (Å²) in [6.45, 7) is 0. The SMILES string of the molecule is Cn1ccnc1-c1[c-]csc1-c1ccccc1.[Ir].[c-]1cscc1-n1cccn1. The minimum absolute atomic E-state index is 0. The molecule has 0 aliphatic heterocycles. The number of thiophene rings is 2. The molecule has 7 heteroatoms. The van der Waals surface area contributed by atoms with Crippen LogP contribution in [0.25, 0.3) is 27.5 Å². The summed E-state index contributed by atoms with van der Waals surface area (Å²) in [5, 5.41) is 9.96. The van der Waals surface area contributed by atoms with Gasteiger partial charge in [-0.2, -0.15) is 11.2 Å². The first kappa shape index (κ1) is 20.4. The summed E-state index contributed by atoms with van der Waals surface area (Å²) < 4.78 is 3.81. The van der Waals surface area contributed by atoms with Gasteiger partial charge < -0.3 is 9.55 Å². The van der Waals surface area contributed by atoms with Gasteiger partial charge in [-0.25, -0.2) is 17.4 Å². The van der Waals surface area contributed by atoms with Crippen molar-refractivity contribution in [2.75, 3.05) is 0 Å². The molecule has 4 nitrogen and oxygen atoms in total. The maximum absolute atomic E-state index is 4.38. The third-order valence-electron chi connectivity index (χ3n) is 3.89. The van der Waals surface area contributed by atoms with E-state index in [9.17, 15) is 0 Å². The van der Waals surface area contributed by atoms with Crippen molar-refractivity contribution in [1.82, 2.24) is 19.3 Å². The predicted octanol–water partition coefficient (Wildman–Crippen LogP) is 5.35.